The maximum absolute atomic E-state index is 9.95. The van der Waals surface area contributed by atoms with E-state index in [1.807, 2.05) is 24.3 Å². The van der Waals surface area contributed by atoms with Gasteiger partial charge in [0.05, 0.1) is 23.9 Å². The van der Waals surface area contributed by atoms with Crippen molar-refractivity contribution in [3.63, 3.8) is 0 Å². The summed E-state index contributed by atoms with van der Waals surface area (Å²) in [5.41, 5.74) is 7.02. The lowest BCUT2D eigenvalue weighted by Gasteiger charge is -2.03. The summed E-state index contributed by atoms with van der Waals surface area (Å²) in [6, 6.07) is 12.3. The minimum absolute atomic E-state index is 0.0762. The lowest BCUT2D eigenvalue weighted by molar-refractivity contribution is 0.413. The molecule has 106 valence electrons. The molecule has 0 saturated carbocycles. The van der Waals surface area contributed by atoms with E-state index in [0.717, 1.165) is 0 Å². The molecule has 0 unspecified atom stereocenters. The Morgan fingerprint density at radius 1 is 1.10 bits per heavy atom. The minimum Gasteiger partial charge on any atom is -0.505 e. The van der Waals surface area contributed by atoms with Gasteiger partial charge in [-0.15, -0.1) is 0 Å². The number of ether oxygens (including phenoxy) is 1. The average Bonchev–Trinajstić information content (AvgIpc) is 2.99. The number of hydrogen-bond donors (Lipinski definition) is 2. The number of rotatable bonds is 3. The maximum Gasteiger partial charge on any atom is 0.262 e. The lowest BCUT2D eigenvalue weighted by atomic mass is 10.1. The van der Waals surface area contributed by atoms with Crippen LogP contribution >= 0.6 is 0 Å². The normalized spacial score (nSPS) is 10.5. The first-order valence-corrected chi connectivity index (χ1v) is 6.25. The summed E-state index contributed by atoms with van der Waals surface area (Å²) in [6.07, 6.45) is 0. The standard InChI is InChI=1S/C15H13N3O3/c1-20-12-8-3-2-5-9(12)14-17-15(21-18-14)10-6-4-7-11(16)13(10)19/h2-8,19H,16H2,1H3. The summed E-state index contributed by atoms with van der Waals surface area (Å²) >= 11 is 0. The number of methoxy groups -OCH3 is 1. The monoisotopic (exact) mass is 283 g/mol. The zero-order valence-corrected chi connectivity index (χ0v) is 11.3. The molecule has 0 atom stereocenters. The summed E-state index contributed by atoms with van der Waals surface area (Å²) in [5.74, 6) is 1.14. The van der Waals surface area contributed by atoms with Gasteiger partial charge in [-0.05, 0) is 24.3 Å². The molecule has 0 radical (unpaired) electrons. The van der Waals surface area contributed by atoms with E-state index in [4.69, 9.17) is 15.0 Å². The third-order valence-electron chi connectivity index (χ3n) is 3.07. The van der Waals surface area contributed by atoms with Crippen molar-refractivity contribution in [2.75, 3.05) is 12.8 Å². The Balaban J connectivity index is 2.06. The molecular formula is C15H13N3O3. The van der Waals surface area contributed by atoms with Gasteiger partial charge in [0.2, 0.25) is 5.82 Å². The van der Waals surface area contributed by atoms with E-state index in [1.165, 1.54) is 0 Å². The highest BCUT2D eigenvalue weighted by Gasteiger charge is 2.17. The Bertz CT molecular complexity index is 783. The Labute approximate surface area is 120 Å². The summed E-state index contributed by atoms with van der Waals surface area (Å²) in [4.78, 5) is 4.29. The molecule has 0 aliphatic rings. The van der Waals surface area contributed by atoms with Crippen molar-refractivity contribution < 1.29 is 14.4 Å². The van der Waals surface area contributed by atoms with Gasteiger partial charge in [-0.3, -0.25) is 0 Å². The number of nitrogens with zero attached hydrogens (tertiary/aromatic N) is 2. The van der Waals surface area contributed by atoms with Crippen LogP contribution in [0.1, 0.15) is 0 Å². The van der Waals surface area contributed by atoms with Crippen molar-refractivity contribution in [3.8, 4) is 34.3 Å². The van der Waals surface area contributed by atoms with Gasteiger partial charge < -0.3 is 20.1 Å². The van der Waals surface area contributed by atoms with Gasteiger partial charge in [-0.25, -0.2) is 0 Å². The molecular weight excluding hydrogens is 270 g/mol. The number of anilines is 1. The SMILES string of the molecule is COc1ccccc1-c1noc(-c2cccc(N)c2O)n1. The fourth-order valence-corrected chi connectivity index (χ4v) is 2.01. The molecule has 21 heavy (non-hydrogen) atoms. The number of phenols is 1. The molecule has 0 fully saturated rings. The smallest absolute Gasteiger partial charge is 0.262 e. The van der Waals surface area contributed by atoms with Crippen molar-refractivity contribution in [1.29, 1.82) is 0 Å². The molecule has 3 N–H and O–H groups in total. The van der Waals surface area contributed by atoms with Crippen LogP contribution in [-0.2, 0) is 0 Å². The third kappa shape index (κ3) is 2.27. The Morgan fingerprint density at radius 3 is 2.67 bits per heavy atom. The summed E-state index contributed by atoms with van der Waals surface area (Å²) in [5, 5.41) is 13.9. The minimum atomic E-state index is -0.0762. The van der Waals surface area contributed by atoms with Gasteiger partial charge in [0.25, 0.3) is 5.89 Å². The van der Waals surface area contributed by atoms with Crippen LogP contribution in [0.2, 0.25) is 0 Å². The zero-order valence-electron chi connectivity index (χ0n) is 11.3. The molecule has 0 aliphatic heterocycles. The topological polar surface area (TPSA) is 94.4 Å². The van der Waals surface area contributed by atoms with E-state index in [-0.39, 0.29) is 17.3 Å². The zero-order chi connectivity index (χ0) is 14.8. The molecule has 3 rings (SSSR count). The third-order valence-corrected chi connectivity index (χ3v) is 3.07. The van der Waals surface area contributed by atoms with Crippen LogP contribution in [-0.4, -0.2) is 22.4 Å². The van der Waals surface area contributed by atoms with Crippen molar-refractivity contribution in [2.24, 2.45) is 0 Å². The second kappa shape index (κ2) is 5.16. The van der Waals surface area contributed by atoms with Crippen LogP contribution < -0.4 is 10.5 Å². The number of phenolic OH excluding ortho intramolecular Hbond substituents is 1. The predicted octanol–water partition coefficient (Wildman–Crippen LogP) is 2.70. The first-order chi connectivity index (χ1) is 10.2. The molecule has 2 aromatic carbocycles. The van der Waals surface area contributed by atoms with Gasteiger partial charge in [0, 0.05) is 0 Å². The second-order valence-corrected chi connectivity index (χ2v) is 4.37. The highest BCUT2D eigenvalue weighted by atomic mass is 16.5. The van der Waals surface area contributed by atoms with Crippen LogP contribution in [0.25, 0.3) is 22.8 Å². The van der Waals surface area contributed by atoms with Crippen LogP contribution in [0.5, 0.6) is 11.5 Å². The quantitative estimate of drug-likeness (QED) is 0.567. The van der Waals surface area contributed by atoms with Crippen LogP contribution in [0.15, 0.2) is 47.0 Å². The average molecular weight is 283 g/mol. The van der Waals surface area contributed by atoms with E-state index >= 15 is 0 Å². The molecule has 0 amide bonds. The van der Waals surface area contributed by atoms with Gasteiger partial charge >= 0.3 is 0 Å². The number of aromatic hydroxyl groups is 1. The molecule has 3 aromatic rings. The molecule has 1 heterocycles. The van der Waals surface area contributed by atoms with E-state index in [1.54, 1.807) is 25.3 Å². The van der Waals surface area contributed by atoms with Crippen LogP contribution in [0, 0.1) is 0 Å². The maximum atomic E-state index is 9.95. The van der Waals surface area contributed by atoms with Crippen molar-refractivity contribution >= 4 is 5.69 Å². The van der Waals surface area contributed by atoms with Crippen molar-refractivity contribution in [1.82, 2.24) is 10.1 Å². The first kappa shape index (κ1) is 13.0. The first-order valence-electron chi connectivity index (χ1n) is 6.25. The number of para-hydroxylation sites is 2. The summed E-state index contributed by atoms with van der Waals surface area (Å²) in [7, 11) is 1.57. The highest BCUT2D eigenvalue weighted by Crippen LogP contribution is 2.34. The van der Waals surface area contributed by atoms with E-state index in [0.29, 0.717) is 22.7 Å². The molecule has 6 nitrogen and oxygen atoms in total. The van der Waals surface area contributed by atoms with Gasteiger partial charge in [-0.1, -0.05) is 23.4 Å². The molecule has 6 heteroatoms. The van der Waals surface area contributed by atoms with E-state index < -0.39 is 0 Å². The number of nitrogen functional groups attached to an aromatic ring is 1. The highest BCUT2D eigenvalue weighted by molar-refractivity contribution is 5.73. The van der Waals surface area contributed by atoms with E-state index in [9.17, 15) is 5.11 Å². The predicted molar refractivity (Wildman–Crippen MR) is 77.8 cm³/mol. The molecule has 1 aromatic heterocycles. The fourth-order valence-electron chi connectivity index (χ4n) is 2.01. The molecule has 0 bridgehead atoms. The molecule has 0 aliphatic carbocycles. The summed E-state index contributed by atoms with van der Waals surface area (Å²) < 4.78 is 10.5. The Morgan fingerprint density at radius 2 is 1.86 bits per heavy atom. The Hall–Kier alpha value is -3.02. The molecule has 0 spiro atoms. The van der Waals surface area contributed by atoms with Gasteiger partial charge in [-0.2, -0.15) is 4.98 Å². The van der Waals surface area contributed by atoms with Crippen molar-refractivity contribution in [3.05, 3.63) is 42.5 Å². The lowest BCUT2D eigenvalue weighted by Crippen LogP contribution is -1.89. The fraction of sp³-hybridized carbons (Fsp3) is 0.0667. The number of aromatic nitrogens is 2. The summed E-state index contributed by atoms with van der Waals surface area (Å²) in [6.45, 7) is 0. The Kier molecular flexibility index (Phi) is 3.19. The van der Waals surface area contributed by atoms with Gasteiger partial charge in [0.15, 0.2) is 5.75 Å². The number of hydrogen-bond acceptors (Lipinski definition) is 6. The van der Waals surface area contributed by atoms with Gasteiger partial charge in [0.1, 0.15) is 5.75 Å². The van der Waals surface area contributed by atoms with E-state index in [2.05, 4.69) is 10.1 Å². The molecule has 0 saturated heterocycles. The largest absolute Gasteiger partial charge is 0.505 e. The van der Waals surface area contributed by atoms with Crippen molar-refractivity contribution in [2.45, 2.75) is 0 Å². The number of benzene rings is 2. The van der Waals surface area contributed by atoms with Crippen LogP contribution in [0.4, 0.5) is 5.69 Å². The van der Waals surface area contributed by atoms with Crippen LogP contribution in [0.3, 0.4) is 0 Å². The number of nitrogens with two attached hydrogens (primary N) is 1. The second-order valence-electron chi connectivity index (χ2n) is 4.37.